The molecule has 1 fully saturated rings. The van der Waals surface area contributed by atoms with Crippen molar-refractivity contribution in [1.29, 1.82) is 0 Å². The van der Waals surface area contributed by atoms with E-state index in [1.807, 2.05) is 38.1 Å². The maximum atomic E-state index is 12.7. The Morgan fingerprint density at radius 1 is 1.18 bits per heavy atom. The van der Waals surface area contributed by atoms with Crippen LogP contribution in [0.25, 0.3) is 0 Å². The highest BCUT2D eigenvalue weighted by Crippen LogP contribution is 2.28. The summed E-state index contributed by atoms with van der Waals surface area (Å²) in [5.74, 6) is 1.61. The predicted octanol–water partition coefficient (Wildman–Crippen LogP) is 4.58. The molecule has 2 aromatic rings. The largest absolute Gasteiger partial charge is 0.361 e. The highest BCUT2D eigenvalue weighted by Gasteiger charge is 2.14. The van der Waals surface area contributed by atoms with Gasteiger partial charge in [-0.2, -0.15) is 0 Å². The van der Waals surface area contributed by atoms with Crippen LogP contribution in [-0.2, 0) is 5.75 Å². The van der Waals surface area contributed by atoms with E-state index >= 15 is 0 Å². The number of carbonyl (C=O) groups is 1. The average Bonchev–Trinajstić information content (AvgIpc) is 2.89. The predicted molar refractivity (Wildman–Crippen MR) is 114 cm³/mol. The van der Waals surface area contributed by atoms with E-state index in [4.69, 9.17) is 4.52 Å². The van der Waals surface area contributed by atoms with Gasteiger partial charge in [-0.1, -0.05) is 30.1 Å². The minimum Gasteiger partial charge on any atom is -0.361 e. The van der Waals surface area contributed by atoms with E-state index in [2.05, 4.69) is 15.4 Å². The first-order chi connectivity index (χ1) is 13.6. The van der Waals surface area contributed by atoms with Gasteiger partial charge in [0.25, 0.3) is 5.91 Å². The van der Waals surface area contributed by atoms with Crippen molar-refractivity contribution in [2.24, 2.45) is 0 Å². The first-order valence-electron chi connectivity index (χ1n) is 10.3. The van der Waals surface area contributed by atoms with E-state index < -0.39 is 0 Å². The molecule has 1 aromatic carbocycles. The van der Waals surface area contributed by atoms with Crippen LogP contribution in [0.15, 0.2) is 33.7 Å². The highest BCUT2D eigenvalue weighted by atomic mass is 32.2. The van der Waals surface area contributed by atoms with Gasteiger partial charge in [0.05, 0.1) is 11.3 Å². The lowest BCUT2D eigenvalue weighted by Crippen LogP contribution is -2.30. The van der Waals surface area contributed by atoms with Crippen molar-refractivity contribution in [3.63, 3.8) is 0 Å². The first-order valence-corrected chi connectivity index (χ1v) is 11.3. The molecule has 28 heavy (non-hydrogen) atoms. The molecule has 1 aliphatic heterocycles. The van der Waals surface area contributed by atoms with Gasteiger partial charge >= 0.3 is 0 Å². The maximum absolute atomic E-state index is 12.7. The van der Waals surface area contributed by atoms with Crippen LogP contribution in [0, 0.1) is 13.8 Å². The Labute approximate surface area is 172 Å². The molecular weight excluding hydrogens is 370 g/mol. The van der Waals surface area contributed by atoms with Crippen molar-refractivity contribution in [3.05, 3.63) is 46.8 Å². The van der Waals surface area contributed by atoms with Crippen molar-refractivity contribution in [3.8, 4) is 0 Å². The van der Waals surface area contributed by atoms with Gasteiger partial charge in [0.15, 0.2) is 0 Å². The summed E-state index contributed by atoms with van der Waals surface area (Å²) in [6, 6.07) is 7.81. The highest BCUT2D eigenvalue weighted by molar-refractivity contribution is 7.98. The Balaban J connectivity index is 1.49. The molecule has 1 aliphatic rings. The second kappa shape index (κ2) is 10.7. The van der Waals surface area contributed by atoms with Crippen LogP contribution >= 0.6 is 11.8 Å². The zero-order chi connectivity index (χ0) is 19.8. The van der Waals surface area contributed by atoms with Crippen molar-refractivity contribution in [2.45, 2.75) is 56.6 Å². The van der Waals surface area contributed by atoms with Gasteiger partial charge < -0.3 is 14.7 Å². The van der Waals surface area contributed by atoms with Crippen molar-refractivity contribution in [1.82, 2.24) is 15.4 Å². The molecule has 1 amide bonds. The second-order valence-corrected chi connectivity index (χ2v) is 8.47. The lowest BCUT2D eigenvalue weighted by Gasteiger charge is -2.19. The molecule has 3 rings (SSSR count). The molecule has 1 saturated heterocycles. The molecule has 0 bridgehead atoms. The normalized spacial score (nSPS) is 15.4. The number of nitrogens with zero attached hydrogens (tertiary/aromatic N) is 2. The lowest BCUT2D eigenvalue weighted by atomic mass is 10.2. The molecule has 1 aromatic heterocycles. The molecule has 0 atom stereocenters. The van der Waals surface area contributed by atoms with Gasteiger partial charge in [-0.15, -0.1) is 11.8 Å². The van der Waals surface area contributed by atoms with Gasteiger partial charge in [0.1, 0.15) is 5.76 Å². The van der Waals surface area contributed by atoms with Crippen LogP contribution in [0.4, 0.5) is 0 Å². The van der Waals surface area contributed by atoms with E-state index in [0.717, 1.165) is 52.7 Å². The molecule has 1 N–H and O–H groups in total. The Morgan fingerprint density at radius 2 is 1.93 bits per heavy atom. The molecule has 6 heteroatoms. The monoisotopic (exact) mass is 401 g/mol. The van der Waals surface area contributed by atoms with Crippen molar-refractivity contribution in [2.75, 3.05) is 26.2 Å². The second-order valence-electron chi connectivity index (χ2n) is 7.45. The number of carbonyl (C=O) groups excluding carboxylic acids is 1. The summed E-state index contributed by atoms with van der Waals surface area (Å²) in [5.41, 5.74) is 2.77. The minimum absolute atomic E-state index is 0.0118. The number of likely N-dealkylation sites (tertiary alicyclic amines) is 1. The summed E-state index contributed by atoms with van der Waals surface area (Å²) in [6.07, 6.45) is 6.33. The summed E-state index contributed by atoms with van der Waals surface area (Å²) in [5, 5.41) is 7.11. The molecule has 0 radical (unpaired) electrons. The van der Waals surface area contributed by atoms with E-state index in [1.54, 1.807) is 11.8 Å². The molecule has 5 nitrogen and oxygen atoms in total. The number of benzene rings is 1. The third-order valence-corrected chi connectivity index (χ3v) is 6.42. The van der Waals surface area contributed by atoms with Crippen molar-refractivity contribution >= 4 is 17.7 Å². The van der Waals surface area contributed by atoms with Crippen molar-refractivity contribution < 1.29 is 9.32 Å². The SMILES string of the molecule is Cc1noc(C)c1CSc1ccccc1C(=O)NCCCN1CCCCCC1. The van der Waals surface area contributed by atoms with Crippen LogP contribution in [0.2, 0.25) is 0 Å². The minimum atomic E-state index is 0.0118. The number of amides is 1. The van der Waals surface area contributed by atoms with Gasteiger partial charge in [0, 0.05) is 22.8 Å². The van der Waals surface area contributed by atoms with Crippen LogP contribution in [-0.4, -0.2) is 42.1 Å². The molecule has 0 spiro atoms. The van der Waals surface area contributed by atoms with E-state index in [1.165, 1.54) is 38.8 Å². The molecular formula is C22H31N3O2S. The fourth-order valence-electron chi connectivity index (χ4n) is 3.60. The topological polar surface area (TPSA) is 58.4 Å². The third kappa shape index (κ3) is 5.85. The molecule has 2 heterocycles. The summed E-state index contributed by atoms with van der Waals surface area (Å²) in [6.45, 7) is 8.08. The van der Waals surface area contributed by atoms with E-state index in [9.17, 15) is 4.79 Å². The van der Waals surface area contributed by atoms with E-state index in [0.29, 0.717) is 0 Å². The third-order valence-electron chi connectivity index (χ3n) is 5.32. The Hall–Kier alpha value is -1.79. The number of hydrogen-bond donors (Lipinski definition) is 1. The average molecular weight is 402 g/mol. The lowest BCUT2D eigenvalue weighted by molar-refractivity contribution is 0.0948. The number of aryl methyl sites for hydroxylation is 2. The Bertz CT molecular complexity index is 747. The summed E-state index contributed by atoms with van der Waals surface area (Å²) >= 11 is 1.66. The number of hydrogen-bond acceptors (Lipinski definition) is 5. The fraction of sp³-hybridized carbons (Fsp3) is 0.545. The summed E-state index contributed by atoms with van der Waals surface area (Å²) in [7, 11) is 0. The Kier molecular flexibility index (Phi) is 7.98. The van der Waals surface area contributed by atoms with Crippen LogP contribution in [0.1, 0.15) is 59.5 Å². The van der Waals surface area contributed by atoms with Gasteiger partial charge in [-0.05, 0) is 64.9 Å². The molecule has 0 aliphatic carbocycles. The standard InChI is InChI=1S/C22H31N3O2S/c1-17-20(18(2)27-24-17)16-28-21-11-6-5-10-19(21)22(26)23-12-9-15-25-13-7-3-4-8-14-25/h5-6,10-11H,3-4,7-9,12-16H2,1-2H3,(H,23,26). The van der Waals surface area contributed by atoms with Gasteiger partial charge in [-0.3, -0.25) is 4.79 Å². The number of rotatable bonds is 8. The number of aromatic nitrogens is 1. The van der Waals surface area contributed by atoms with Gasteiger partial charge in [0.2, 0.25) is 0 Å². The zero-order valence-corrected chi connectivity index (χ0v) is 17.8. The smallest absolute Gasteiger partial charge is 0.252 e. The van der Waals surface area contributed by atoms with Gasteiger partial charge in [-0.25, -0.2) is 0 Å². The van der Waals surface area contributed by atoms with Crippen LogP contribution in [0.5, 0.6) is 0 Å². The fourth-order valence-corrected chi connectivity index (χ4v) is 4.80. The summed E-state index contributed by atoms with van der Waals surface area (Å²) < 4.78 is 5.24. The van der Waals surface area contributed by atoms with Crippen LogP contribution < -0.4 is 5.32 Å². The maximum Gasteiger partial charge on any atom is 0.252 e. The first kappa shape index (κ1) is 20.9. The number of nitrogens with one attached hydrogen (secondary N) is 1. The molecule has 152 valence electrons. The summed E-state index contributed by atoms with van der Waals surface area (Å²) in [4.78, 5) is 16.2. The molecule has 0 unspecified atom stereocenters. The zero-order valence-electron chi connectivity index (χ0n) is 17.0. The Morgan fingerprint density at radius 3 is 2.64 bits per heavy atom. The number of thioether (sulfide) groups is 1. The van der Waals surface area contributed by atoms with Crippen LogP contribution in [0.3, 0.4) is 0 Å². The molecule has 0 saturated carbocycles. The quantitative estimate of drug-likeness (QED) is 0.518. The van der Waals surface area contributed by atoms with E-state index in [-0.39, 0.29) is 5.91 Å².